The molecule has 112 valence electrons. The van der Waals surface area contributed by atoms with E-state index in [-0.39, 0.29) is 11.5 Å². The van der Waals surface area contributed by atoms with E-state index < -0.39 is 11.5 Å². The first-order chi connectivity index (χ1) is 10.6. The monoisotopic (exact) mass is 297 g/mol. The van der Waals surface area contributed by atoms with Crippen LogP contribution in [0.3, 0.4) is 0 Å². The van der Waals surface area contributed by atoms with E-state index in [0.717, 1.165) is 25.0 Å². The molecule has 3 rings (SSSR count). The number of carbonyl (C=O) groups is 2. The molecule has 1 aliphatic carbocycles. The molecular formula is C16H15N3O3. The molecular weight excluding hydrogens is 282 g/mol. The van der Waals surface area contributed by atoms with Crippen molar-refractivity contribution in [3.63, 3.8) is 0 Å². The standard InChI is InChI=1S/C16H15N3O3/c17-15(21)22-11-5-6-12(19-10-11)14(20)16(7-3-8-16)13-4-1-2-9-18-13/h1-2,4-6,9-10H,3,7-8H2,(H2,17,21). The van der Waals surface area contributed by atoms with Crippen molar-refractivity contribution in [3.8, 4) is 5.75 Å². The molecule has 0 unspecified atom stereocenters. The van der Waals surface area contributed by atoms with Gasteiger partial charge in [0.1, 0.15) is 5.69 Å². The summed E-state index contributed by atoms with van der Waals surface area (Å²) in [6.45, 7) is 0. The Morgan fingerprint density at radius 1 is 1.14 bits per heavy atom. The predicted molar refractivity (Wildman–Crippen MR) is 78.5 cm³/mol. The molecule has 6 heteroatoms. The zero-order valence-corrected chi connectivity index (χ0v) is 11.9. The molecule has 1 amide bonds. The molecule has 0 aliphatic heterocycles. The summed E-state index contributed by atoms with van der Waals surface area (Å²) in [6, 6.07) is 8.64. The Labute approximate surface area is 127 Å². The van der Waals surface area contributed by atoms with E-state index in [2.05, 4.69) is 9.97 Å². The molecule has 1 saturated carbocycles. The lowest BCUT2D eigenvalue weighted by molar-refractivity contribution is 0.0776. The van der Waals surface area contributed by atoms with Crippen LogP contribution in [-0.4, -0.2) is 21.8 Å². The zero-order chi connectivity index (χ0) is 15.6. The van der Waals surface area contributed by atoms with Crippen LogP contribution < -0.4 is 10.5 Å². The number of Topliss-reactive ketones (excluding diaryl/α,β-unsaturated/α-hetero) is 1. The molecule has 2 heterocycles. The third-order valence-electron chi connectivity index (χ3n) is 3.98. The molecule has 2 aromatic heterocycles. The van der Waals surface area contributed by atoms with Gasteiger partial charge in [-0.15, -0.1) is 0 Å². The van der Waals surface area contributed by atoms with Gasteiger partial charge in [0.25, 0.3) is 0 Å². The van der Waals surface area contributed by atoms with Crippen molar-refractivity contribution in [1.82, 2.24) is 9.97 Å². The molecule has 0 atom stereocenters. The lowest BCUT2D eigenvalue weighted by Gasteiger charge is -2.39. The highest BCUT2D eigenvalue weighted by Gasteiger charge is 2.47. The van der Waals surface area contributed by atoms with Gasteiger partial charge in [0.05, 0.1) is 17.3 Å². The number of nitrogens with zero attached hydrogens (tertiary/aromatic N) is 2. The Kier molecular flexibility index (Phi) is 3.58. The number of aromatic nitrogens is 2. The molecule has 0 aromatic carbocycles. The molecule has 0 radical (unpaired) electrons. The normalized spacial score (nSPS) is 15.6. The topological polar surface area (TPSA) is 95.2 Å². The fourth-order valence-corrected chi connectivity index (χ4v) is 2.71. The average molecular weight is 297 g/mol. The lowest BCUT2D eigenvalue weighted by atomic mass is 9.63. The second kappa shape index (κ2) is 5.55. The van der Waals surface area contributed by atoms with Gasteiger partial charge in [0.2, 0.25) is 0 Å². The van der Waals surface area contributed by atoms with E-state index in [1.807, 2.05) is 18.2 Å². The van der Waals surface area contributed by atoms with Crippen molar-refractivity contribution < 1.29 is 14.3 Å². The van der Waals surface area contributed by atoms with Crippen molar-refractivity contribution in [2.75, 3.05) is 0 Å². The second-order valence-electron chi connectivity index (χ2n) is 5.28. The highest BCUT2D eigenvalue weighted by atomic mass is 16.5. The first kappa shape index (κ1) is 14.2. The van der Waals surface area contributed by atoms with Crippen LogP contribution in [0, 0.1) is 0 Å². The minimum Gasteiger partial charge on any atom is -0.409 e. The van der Waals surface area contributed by atoms with Crippen LogP contribution in [0.4, 0.5) is 4.79 Å². The fourth-order valence-electron chi connectivity index (χ4n) is 2.71. The van der Waals surface area contributed by atoms with E-state index >= 15 is 0 Å². The number of primary amides is 1. The summed E-state index contributed by atoms with van der Waals surface area (Å²) in [5.41, 5.74) is 5.47. The summed E-state index contributed by atoms with van der Waals surface area (Å²) in [7, 11) is 0. The summed E-state index contributed by atoms with van der Waals surface area (Å²) in [4.78, 5) is 32.0. The number of ether oxygens (including phenoxy) is 1. The molecule has 2 N–H and O–H groups in total. The number of carbonyl (C=O) groups excluding carboxylic acids is 2. The van der Waals surface area contributed by atoms with Gasteiger partial charge in [0.15, 0.2) is 11.5 Å². The quantitative estimate of drug-likeness (QED) is 0.873. The van der Waals surface area contributed by atoms with Gasteiger partial charge >= 0.3 is 6.09 Å². The van der Waals surface area contributed by atoms with Crippen molar-refractivity contribution in [2.45, 2.75) is 24.7 Å². The molecule has 0 bridgehead atoms. The van der Waals surface area contributed by atoms with Crippen molar-refractivity contribution >= 4 is 11.9 Å². The Morgan fingerprint density at radius 2 is 1.95 bits per heavy atom. The number of hydrogen-bond donors (Lipinski definition) is 1. The van der Waals surface area contributed by atoms with Gasteiger partial charge in [-0.3, -0.25) is 9.78 Å². The smallest absolute Gasteiger partial charge is 0.409 e. The van der Waals surface area contributed by atoms with E-state index in [4.69, 9.17) is 10.5 Å². The summed E-state index contributed by atoms with van der Waals surface area (Å²) < 4.78 is 4.71. The minimum absolute atomic E-state index is 0.0527. The second-order valence-corrected chi connectivity index (χ2v) is 5.28. The van der Waals surface area contributed by atoms with Gasteiger partial charge in [-0.05, 0) is 37.1 Å². The molecule has 1 aliphatic rings. The summed E-state index contributed by atoms with van der Waals surface area (Å²) in [5.74, 6) is 0.160. The molecule has 6 nitrogen and oxygen atoms in total. The highest BCUT2D eigenvalue weighted by Crippen LogP contribution is 2.45. The third-order valence-corrected chi connectivity index (χ3v) is 3.98. The third kappa shape index (κ3) is 2.43. The average Bonchev–Trinajstić information content (AvgIpc) is 2.47. The number of ketones is 1. The molecule has 22 heavy (non-hydrogen) atoms. The van der Waals surface area contributed by atoms with Crippen molar-refractivity contribution in [3.05, 3.63) is 54.1 Å². The van der Waals surface area contributed by atoms with E-state index in [1.54, 1.807) is 12.3 Å². The first-order valence-corrected chi connectivity index (χ1v) is 7.01. The van der Waals surface area contributed by atoms with E-state index in [0.29, 0.717) is 5.69 Å². The van der Waals surface area contributed by atoms with Gasteiger partial charge in [-0.1, -0.05) is 12.5 Å². The number of amides is 1. The van der Waals surface area contributed by atoms with Crippen LogP contribution in [0.1, 0.15) is 35.4 Å². The molecule has 0 saturated heterocycles. The van der Waals surface area contributed by atoms with Gasteiger partial charge < -0.3 is 10.5 Å². The summed E-state index contributed by atoms with van der Waals surface area (Å²) in [5, 5.41) is 0. The molecule has 1 fully saturated rings. The van der Waals surface area contributed by atoms with Gasteiger partial charge in [-0.2, -0.15) is 0 Å². The highest BCUT2D eigenvalue weighted by molar-refractivity contribution is 6.03. The van der Waals surface area contributed by atoms with Crippen LogP contribution in [0.15, 0.2) is 42.7 Å². The van der Waals surface area contributed by atoms with E-state index in [1.165, 1.54) is 12.3 Å². The maximum Gasteiger partial charge on any atom is 0.410 e. The Morgan fingerprint density at radius 3 is 2.45 bits per heavy atom. The lowest BCUT2D eigenvalue weighted by Crippen LogP contribution is -2.43. The molecule has 0 spiro atoms. The minimum atomic E-state index is -0.912. The van der Waals surface area contributed by atoms with Crippen LogP contribution in [-0.2, 0) is 5.41 Å². The van der Waals surface area contributed by atoms with Crippen LogP contribution in [0.2, 0.25) is 0 Å². The largest absolute Gasteiger partial charge is 0.410 e. The Bertz CT molecular complexity index is 694. The zero-order valence-electron chi connectivity index (χ0n) is 11.9. The van der Waals surface area contributed by atoms with Crippen molar-refractivity contribution in [1.29, 1.82) is 0 Å². The Balaban J connectivity index is 1.88. The number of nitrogens with two attached hydrogens (primary N) is 1. The van der Waals surface area contributed by atoms with Crippen molar-refractivity contribution in [2.24, 2.45) is 5.73 Å². The van der Waals surface area contributed by atoms with Crippen LogP contribution in [0.25, 0.3) is 0 Å². The predicted octanol–water partition coefficient (Wildman–Crippen LogP) is 2.24. The fraction of sp³-hybridized carbons (Fsp3) is 0.250. The first-order valence-electron chi connectivity index (χ1n) is 7.01. The SMILES string of the molecule is NC(=O)Oc1ccc(C(=O)C2(c3ccccn3)CCC2)nc1. The van der Waals surface area contributed by atoms with Gasteiger partial charge in [0, 0.05) is 6.20 Å². The maximum atomic E-state index is 12.8. The Hall–Kier alpha value is -2.76. The van der Waals surface area contributed by atoms with E-state index in [9.17, 15) is 9.59 Å². The number of hydrogen-bond acceptors (Lipinski definition) is 5. The van der Waals surface area contributed by atoms with Crippen LogP contribution in [0.5, 0.6) is 5.75 Å². The maximum absolute atomic E-state index is 12.8. The molecule has 2 aromatic rings. The van der Waals surface area contributed by atoms with Crippen LogP contribution >= 0.6 is 0 Å². The summed E-state index contributed by atoms with van der Waals surface area (Å²) in [6.07, 6.45) is 4.63. The number of rotatable bonds is 4. The number of pyridine rings is 2. The summed E-state index contributed by atoms with van der Waals surface area (Å²) >= 11 is 0. The van der Waals surface area contributed by atoms with Gasteiger partial charge in [-0.25, -0.2) is 9.78 Å².